The van der Waals surface area contributed by atoms with E-state index in [4.69, 9.17) is 0 Å². The SMILES string of the molecule is C=C(C)C(=O)NCCOS(=O)(=O)NS(=O)(=O)C(F)(F)F. The molecule has 0 spiro atoms. The predicted octanol–water partition coefficient (Wildman–Crippen LogP) is -0.621. The summed E-state index contributed by atoms with van der Waals surface area (Å²) in [5, 5.41) is 2.12. The van der Waals surface area contributed by atoms with Crippen molar-refractivity contribution in [2.75, 3.05) is 13.2 Å². The van der Waals surface area contributed by atoms with Gasteiger partial charge in [0.25, 0.3) is 0 Å². The third-order valence-electron chi connectivity index (χ3n) is 1.53. The van der Waals surface area contributed by atoms with Crippen LogP contribution in [-0.2, 0) is 29.3 Å². The molecule has 0 unspecified atom stereocenters. The predicted molar refractivity (Wildman–Crippen MR) is 60.8 cm³/mol. The van der Waals surface area contributed by atoms with Crippen molar-refractivity contribution in [1.82, 2.24) is 9.44 Å². The van der Waals surface area contributed by atoms with Crippen LogP contribution in [0.5, 0.6) is 0 Å². The molecule has 0 aromatic carbocycles. The third kappa shape index (κ3) is 6.31. The van der Waals surface area contributed by atoms with E-state index in [1.807, 2.05) is 0 Å². The normalized spacial score (nSPS) is 13.0. The van der Waals surface area contributed by atoms with Crippen molar-refractivity contribution in [3.05, 3.63) is 12.2 Å². The van der Waals surface area contributed by atoms with Crippen molar-refractivity contribution in [3.8, 4) is 0 Å². The molecule has 0 aromatic rings. The Labute approximate surface area is 113 Å². The fraction of sp³-hybridized carbons (Fsp3) is 0.571. The highest BCUT2D eigenvalue weighted by Crippen LogP contribution is 2.22. The minimum atomic E-state index is -6.09. The van der Waals surface area contributed by atoms with Gasteiger partial charge < -0.3 is 5.32 Å². The molecule has 2 N–H and O–H groups in total. The Morgan fingerprint density at radius 2 is 1.75 bits per heavy atom. The molecule has 0 aromatic heterocycles. The lowest BCUT2D eigenvalue weighted by molar-refractivity contribution is -0.117. The summed E-state index contributed by atoms with van der Waals surface area (Å²) in [6.07, 6.45) is 0. The first-order chi connectivity index (χ1) is 8.78. The number of carbonyl (C=O) groups excluding carboxylic acids is 1. The second-order valence-corrected chi connectivity index (χ2v) is 6.63. The maximum absolute atomic E-state index is 11.9. The van der Waals surface area contributed by atoms with Crippen LogP contribution < -0.4 is 9.44 Å². The number of nitrogens with one attached hydrogen (secondary N) is 2. The third-order valence-corrected chi connectivity index (χ3v) is 4.31. The highest BCUT2D eigenvalue weighted by atomic mass is 32.3. The number of rotatable bonds is 7. The van der Waals surface area contributed by atoms with Gasteiger partial charge in [0.15, 0.2) is 0 Å². The first kappa shape index (κ1) is 18.8. The zero-order valence-corrected chi connectivity index (χ0v) is 11.7. The summed E-state index contributed by atoms with van der Waals surface area (Å²) >= 11 is 0. The molecule has 0 bridgehead atoms. The summed E-state index contributed by atoms with van der Waals surface area (Å²) in [6, 6.07) is 0. The summed E-state index contributed by atoms with van der Waals surface area (Å²) in [7, 11) is -11.3. The van der Waals surface area contributed by atoms with Gasteiger partial charge in [-0.15, -0.1) is 0 Å². The minimum Gasteiger partial charge on any atom is -0.350 e. The maximum atomic E-state index is 11.9. The van der Waals surface area contributed by atoms with Crippen LogP contribution in [0.25, 0.3) is 0 Å². The van der Waals surface area contributed by atoms with Gasteiger partial charge in [0.05, 0.1) is 6.61 Å². The van der Waals surface area contributed by atoms with E-state index in [0.29, 0.717) is 4.13 Å². The Balaban J connectivity index is 4.44. The number of sulfonamides is 1. The lowest BCUT2D eigenvalue weighted by atomic mass is 10.3. The lowest BCUT2D eigenvalue weighted by Crippen LogP contribution is -2.41. The topological polar surface area (TPSA) is 119 Å². The molecule has 118 valence electrons. The van der Waals surface area contributed by atoms with Gasteiger partial charge in [-0.1, -0.05) is 10.7 Å². The molecule has 0 atom stereocenters. The van der Waals surface area contributed by atoms with Crippen LogP contribution in [0, 0.1) is 0 Å². The maximum Gasteiger partial charge on any atom is 0.512 e. The number of hydrogen-bond donors (Lipinski definition) is 2. The first-order valence-electron chi connectivity index (χ1n) is 4.71. The molecule has 1 amide bonds. The van der Waals surface area contributed by atoms with Gasteiger partial charge in [-0.25, -0.2) is 8.42 Å². The summed E-state index contributed by atoms with van der Waals surface area (Å²) in [4.78, 5) is 11.0. The molecule has 0 aliphatic carbocycles. The highest BCUT2D eigenvalue weighted by Gasteiger charge is 2.48. The molecule has 0 rings (SSSR count). The quantitative estimate of drug-likeness (QED) is 0.471. The summed E-state index contributed by atoms with van der Waals surface area (Å²) in [5.41, 5.74) is -5.68. The highest BCUT2D eigenvalue weighted by molar-refractivity contribution is 8.03. The van der Waals surface area contributed by atoms with E-state index in [2.05, 4.69) is 16.1 Å². The molecule has 0 saturated heterocycles. The van der Waals surface area contributed by atoms with Crippen molar-refractivity contribution in [2.45, 2.75) is 12.4 Å². The van der Waals surface area contributed by atoms with E-state index < -0.39 is 38.3 Å². The van der Waals surface area contributed by atoms with Crippen LogP contribution in [0.2, 0.25) is 0 Å². The Morgan fingerprint density at radius 1 is 1.25 bits per heavy atom. The molecule has 0 aliphatic heterocycles. The fourth-order valence-corrected chi connectivity index (χ4v) is 2.62. The summed E-state index contributed by atoms with van der Waals surface area (Å²) in [6.45, 7) is 3.50. The Morgan fingerprint density at radius 3 is 2.15 bits per heavy atom. The average Bonchev–Trinajstić information content (AvgIpc) is 2.20. The van der Waals surface area contributed by atoms with Crippen molar-refractivity contribution in [3.63, 3.8) is 0 Å². The molecular weight excluding hydrogens is 329 g/mol. The standard InChI is InChI=1S/C7H11F3N2O6S2/c1-5(2)6(13)11-3-4-18-20(16,17)12-19(14,15)7(8,9)10/h12H,1,3-4H2,2H3,(H,11,13). The van der Waals surface area contributed by atoms with Crippen molar-refractivity contribution >= 4 is 26.2 Å². The molecule has 0 fully saturated rings. The van der Waals surface area contributed by atoms with E-state index >= 15 is 0 Å². The molecule has 0 heterocycles. The van der Waals surface area contributed by atoms with Crippen molar-refractivity contribution in [1.29, 1.82) is 0 Å². The molecule has 20 heavy (non-hydrogen) atoms. The number of carbonyl (C=O) groups is 1. The molecule has 0 saturated carbocycles. The number of amides is 1. The molecular formula is C7H11F3N2O6S2. The molecule has 13 heteroatoms. The van der Waals surface area contributed by atoms with Crippen LogP contribution in [0.1, 0.15) is 6.92 Å². The van der Waals surface area contributed by atoms with Gasteiger partial charge in [0.1, 0.15) is 0 Å². The van der Waals surface area contributed by atoms with E-state index in [0.717, 1.165) is 0 Å². The van der Waals surface area contributed by atoms with Gasteiger partial charge in [-0.2, -0.15) is 21.6 Å². The number of halogens is 3. The van der Waals surface area contributed by atoms with Gasteiger partial charge in [-0.3, -0.25) is 8.98 Å². The Kier molecular flexibility index (Phi) is 6.13. The van der Waals surface area contributed by atoms with Crippen LogP contribution in [0.15, 0.2) is 12.2 Å². The largest absolute Gasteiger partial charge is 0.512 e. The van der Waals surface area contributed by atoms with Gasteiger partial charge in [0.2, 0.25) is 5.91 Å². The molecule has 8 nitrogen and oxygen atoms in total. The summed E-state index contributed by atoms with van der Waals surface area (Å²) in [5.74, 6) is -0.623. The lowest BCUT2D eigenvalue weighted by Gasteiger charge is -2.10. The zero-order valence-electron chi connectivity index (χ0n) is 10.0. The Bertz CT molecular complexity index is 580. The van der Waals surface area contributed by atoms with Gasteiger partial charge in [-0.05, 0) is 6.92 Å². The van der Waals surface area contributed by atoms with Crippen LogP contribution in [0.4, 0.5) is 13.2 Å². The van der Waals surface area contributed by atoms with Gasteiger partial charge >= 0.3 is 25.8 Å². The van der Waals surface area contributed by atoms with E-state index in [9.17, 15) is 34.8 Å². The smallest absolute Gasteiger partial charge is 0.350 e. The monoisotopic (exact) mass is 340 g/mol. The summed E-state index contributed by atoms with van der Waals surface area (Å²) < 4.78 is 82.9. The number of alkyl halides is 3. The van der Waals surface area contributed by atoms with Crippen LogP contribution >= 0.6 is 0 Å². The van der Waals surface area contributed by atoms with E-state index in [1.54, 1.807) is 0 Å². The minimum absolute atomic E-state index is 0.116. The number of hydrogen-bond acceptors (Lipinski definition) is 6. The second kappa shape index (κ2) is 6.51. The second-order valence-electron chi connectivity index (χ2n) is 3.34. The average molecular weight is 340 g/mol. The Hall–Kier alpha value is -1.18. The van der Waals surface area contributed by atoms with Crippen molar-refractivity contribution in [2.24, 2.45) is 0 Å². The van der Waals surface area contributed by atoms with Crippen LogP contribution in [0.3, 0.4) is 0 Å². The molecule has 0 aliphatic rings. The van der Waals surface area contributed by atoms with E-state index in [-0.39, 0.29) is 12.1 Å². The van der Waals surface area contributed by atoms with Gasteiger partial charge in [0, 0.05) is 12.1 Å². The fourth-order valence-electron chi connectivity index (χ4n) is 0.672. The first-order valence-corrected chi connectivity index (χ1v) is 7.60. The van der Waals surface area contributed by atoms with Crippen LogP contribution in [-0.4, -0.2) is 41.4 Å². The zero-order chi connectivity index (χ0) is 16.2. The van der Waals surface area contributed by atoms with E-state index in [1.165, 1.54) is 6.92 Å². The molecule has 0 radical (unpaired) electrons. The van der Waals surface area contributed by atoms with Crippen molar-refractivity contribution < 1.29 is 39.0 Å².